The highest BCUT2D eigenvalue weighted by Crippen LogP contribution is 2.22. The third kappa shape index (κ3) is 5.17. The fraction of sp³-hybridized carbons (Fsp3) is 0.300. The molecule has 0 spiro atoms. The van der Waals surface area contributed by atoms with E-state index in [2.05, 4.69) is 5.32 Å². The summed E-state index contributed by atoms with van der Waals surface area (Å²) in [7, 11) is 0. The van der Waals surface area contributed by atoms with Crippen LogP contribution in [0.3, 0.4) is 0 Å². The van der Waals surface area contributed by atoms with Gasteiger partial charge in [-0.15, -0.1) is 11.8 Å². The predicted molar refractivity (Wildman–Crippen MR) is 110 cm³/mol. The van der Waals surface area contributed by atoms with Gasteiger partial charge in [-0.1, -0.05) is 29.8 Å². The normalized spacial score (nSPS) is 14.1. The Bertz CT molecular complexity index is 872. The zero-order valence-electron chi connectivity index (χ0n) is 15.5. The van der Waals surface area contributed by atoms with Gasteiger partial charge >= 0.3 is 6.03 Å². The molecular formula is C20H21ClFN3O2S. The largest absolute Gasteiger partial charge is 0.338 e. The number of halogens is 2. The summed E-state index contributed by atoms with van der Waals surface area (Å²) in [6, 6.07) is 11.6. The summed E-state index contributed by atoms with van der Waals surface area (Å²) < 4.78 is 13.6. The molecule has 0 aromatic heterocycles. The molecule has 3 amide bonds. The van der Waals surface area contributed by atoms with Crippen LogP contribution in [0.4, 0.5) is 14.9 Å². The van der Waals surface area contributed by atoms with Crippen molar-refractivity contribution in [2.45, 2.75) is 11.8 Å². The van der Waals surface area contributed by atoms with Crippen LogP contribution < -0.4 is 5.32 Å². The van der Waals surface area contributed by atoms with E-state index in [-0.39, 0.29) is 23.5 Å². The minimum atomic E-state index is -0.321. The SMILES string of the molecule is Cc1ccc(NC(=O)N2CCN(C(=O)CSc3ccccc3F)CC2)cc1Cl. The maximum Gasteiger partial charge on any atom is 0.321 e. The number of carbonyl (C=O) groups is 2. The molecule has 1 aliphatic heterocycles. The molecule has 5 nitrogen and oxygen atoms in total. The number of hydrogen-bond donors (Lipinski definition) is 1. The summed E-state index contributed by atoms with van der Waals surface area (Å²) >= 11 is 7.27. The van der Waals surface area contributed by atoms with E-state index < -0.39 is 0 Å². The summed E-state index contributed by atoms with van der Waals surface area (Å²) in [6.45, 7) is 3.70. The maximum atomic E-state index is 13.6. The van der Waals surface area contributed by atoms with Gasteiger partial charge in [0.1, 0.15) is 5.82 Å². The summed E-state index contributed by atoms with van der Waals surface area (Å²) in [5.74, 6) is -0.203. The van der Waals surface area contributed by atoms with Crippen LogP contribution in [0.2, 0.25) is 5.02 Å². The molecule has 1 fully saturated rings. The molecule has 148 valence electrons. The zero-order valence-corrected chi connectivity index (χ0v) is 17.0. The minimum absolute atomic E-state index is 0.0568. The molecule has 28 heavy (non-hydrogen) atoms. The molecule has 1 aliphatic rings. The van der Waals surface area contributed by atoms with Crippen LogP contribution in [-0.4, -0.2) is 53.7 Å². The third-order valence-electron chi connectivity index (χ3n) is 4.53. The molecule has 0 atom stereocenters. The lowest BCUT2D eigenvalue weighted by atomic mass is 10.2. The average molecular weight is 422 g/mol. The number of thioether (sulfide) groups is 1. The van der Waals surface area contributed by atoms with Crippen LogP contribution in [0.15, 0.2) is 47.4 Å². The highest BCUT2D eigenvalue weighted by atomic mass is 35.5. The Kier molecular flexibility index (Phi) is 6.80. The van der Waals surface area contributed by atoms with Crippen molar-refractivity contribution in [3.63, 3.8) is 0 Å². The molecule has 0 bridgehead atoms. The van der Waals surface area contributed by atoms with E-state index in [1.165, 1.54) is 17.8 Å². The smallest absolute Gasteiger partial charge is 0.321 e. The first-order valence-corrected chi connectivity index (χ1v) is 10.3. The van der Waals surface area contributed by atoms with Crippen molar-refractivity contribution < 1.29 is 14.0 Å². The lowest BCUT2D eigenvalue weighted by Crippen LogP contribution is -2.52. The van der Waals surface area contributed by atoms with Gasteiger partial charge in [0.05, 0.1) is 5.75 Å². The van der Waals surface area contributed by atoms with Gasteiger partial charge in [-0.25, -0.2) is 9.18 Å². The Morgan fingerprint density at radius 2 is 1.79 bits per heavy atom. The Balaban J connectivity index is 1.46. The molecular weight excluding hydrogens is 401 g/mol. The number of hydrogen-bond acceptors (Lipinski definition) is 3. The van der Waals surface area contributed by atoms with E-state index >= 15 is 0 Å². The summed E-state index contributed by atoms with van der Waals surface area (Å²) in [5, 5.41) is 3.43. The number of urea groups is 1. The Hall–Kier alpha value is -2.25. The van der Waals surface area contributed by atoms with E-state index in [0.717, 1.165) is 5.56 Å². The van der Waals surface area contributed by atoms with Crippen LogP contribution in [0.25, 0.3) is 0 Å². The quantitative estimate of drug-likeness (QED) is 0.750. The first-order valence-electron chi connectivity index (χ1n) is 8.91. The highest BCUT2D eigenvalue weighted by Gasteiger charge is 2.24. The Morgan fingerprint density at radius 3 is 2.46 bits per heavy atom. The molecule has 1 N–H and O–H groups in total. The summed E-state index contributed by atoms with van der Waals surface area (Å²) in [4.78, 5) is 28.6. The number of aryl methyl sites for hydroxylation is 1. The van der Waals surface area contributed by atoms with Gasteiger partial charge in [-0.2, -0.15) is 0 Å². The molecule has 1 saturated heterocycles. The van der Waals surface area contributed by atoms with Crippen LogP contribution >= 0.6 is 23.4 Å². The number of nitrogens with one attached hydrogen (secondary N) is 1. The van der Waals surface area contributed by atoms with Crippen molar-refractivity contribution >= 4 is 41.0 Å². The van der Waals surface area contributed by atoms with Crippen molar-refractivity contribution in [1.82, 2.24) is 9.80 Å². The number of piperazine rings is 1. The van der Waals surface area contributed by atoms with E-state index in [1.807, 2.05) is 13.0 Å². The molecule has 8 heteroatoms. The second kappa shape index (κ2) is 9.30. The predicted octanol–water partition coefficient (Wildman–Crippen LogP) is 4.26. The molecule has 0 radical (unpaired) electrons. The second-order valence-corrected chi connectivity index (χ2v) is 7.91. The molecule has 1 heterocycles. The van der Waals surface area contributed by atoms with Crippen molar-refractivity contribution in [3.05, 3.63) is 58.9 Å². The number of rotatable bonds is 4. The topological polar surface area (TPSA) is 52.7 Å². The number of anilines is 1. The standard InChI is InChI=1S/C20H21ClFN3O2S/c1-14-6-7-15(12-16(14)21)23-20(27)25-10-8-24(9-11-25)19(26)13-28-18-5-3-2-4-17(18)22/h2-7,12H,8-11,13H2,1H3,(H,23,27). The first-order chi connectivity index (χ1) is 13.4. The lowest BCUT2D eigenvalue weighted by molar-refractivity contribution is -0.129. The van der Waals surface area contributed by atoms with Crippen molar-refractivity contribution in [2.75, 3.05) is 37.2 Å². The molecule has 0 saturated carbocycles. The molecule has 2 aromatic rings. The molecule has 0 unspecified atom stereocenters. The van der Waals surface area contributed by atoms with Gasteiger partial charge in [-0.05, 0) is 36.8 Å². The molecule has 0 aliphatic carbocycles. The van der Waals surface area contributed by atoms with Crippen LogP contribution in [0, 0.1) is 12.7 Å². The van der Waals surface area contributed by atoms with E-state index in [9.17, 15) is 14.0 Å². The van der Waals surface area contributed by atoms with Crippen molar-refractivity contribution in [2.24, 2.45) is 0 Å². The molecule has 3 rings (SSSR count). The fourth-order valence-corrected chi connectivity index (χ4v) is 3.85. The number of amides is 3. The van der Waals surface area contributed by atoms with Gasteiger partial charge in [0.2, 0.25) is 5.91 Å². The second-order valence-electron chi connectivity index (χ2n) is 6.48. The van der Waals surface area contributed by atoms with Crippen LogP contribution in [-0.2, 0) is 4.79 Å². The van der Waals surface area contributed by atoms with Gasteiger partial charge in [0.15, 0.2) is 0 Å². The first kappa shape index (κ1) is 20.5. The maximum absolute atomic E-state index is 13.6. The van der Waals surface area contributed by atoms with E-state index in [4.69, 9.17) is 11.6 Å². The van der Waals surface area contributed by atoms with Gasteiger partial charge in [0, 0.05) is 41.8 Å². The van der Waals surface area contributed by atoms with Gasteiger partial charge in [0.25, 0.3) is 0 Å². The Morgan fingerprint density at radius 1 is 1.11 bits per heavy atom. The third-order valence-corrected chi connectivity index (χ3v) is 5.97. The van der Waals surface area contributed by atoms with Crippen LogP contribution in [0.5, 0.6) is 0 Å². The summed E-state index contributed by atoms with van der Waals surface area (Å²) in [6.07, 6.45) is 0. The summed E-state index contributed by atoms with van der Waals surface area (Å²) in [5.41, 5.74) is 1.58. The van der Waals surface area contributed by atoms with Gasteiger partial charge in [-0.3, -0.25) is 4.79 Å². The van der Waals surface area contributed by atoms with Crippen molar-refractivity contribution in [1.29, 1.82) is 0 Å². The van der Waals surface area contributed by atoms with Crippen LogP contribution in [0.1, 0.15) is 5.56 Å². The van der Waals surface area contributed by atoms with Gasteiger partial charge < -0.3 is 15.1 Å². The zero-order chi connectivity index (χ0) is 20.1. The number of carbonyl (C=O) groups excluding carboxylic acids is 2. The number of benzene rings is 2. The minimum Gasteiger partial charge on any atom is -0.338 e. The lowest BCUT2D eigenvalue weighted by Gasteiger charge is -2.34. The highest BCUT2D eigenvalue weighted by molar-refractivity contribution is 8.00. The Labute approximate surface area is 172 Å². The van der Waals surface area contributed by atoms with E-state index in [1.54, 1.807) is 40.1 Å². The molecule has 2 aromatic carbocycles. The fourth-order valence-electron chi connectivity index (χ4n) is 2.82. The van der Waals surface area contributed by atoms with Crippen molar-refractivity contribution in [3.8, 4) is 0 Å². The number of nitrogens with zero attached hydrogens (tertiary/aromatic N) is 2. The van der Waals surface area contributed by atoms with E-state index in [0.29, 0.717) is 41.8 Å². The average Bonchev–Trinajstić information content (AvgIpc) is 2.70. The monoisotopic (exact) mass is 421 g/mol.